The maximum atomic E-state index is 11.3. The molecule has 1 atom stereocenters. The van der Waals surface area contributed by atoms with Crippen LogP contribution in [0.1, 0.15) is 27.2 Å². The molecule has 1 fully saturated rings. The third kappa shape index (κ3) is 0.926. The summed E-state index contributed by atoms with van der Waals surface area (Å²) in [7, 11) is 0. The summed E-state index contributed by atoms with van der Waals surface area (Å²) in [5.41, 5.74) is -0.542. The SMILES string of the molecule is CC1(C)CN2C([O])=CC[C@@]2(C)O1. The minimum absolute atomic E-state index is 0.114. The standard InChI is InChI=1S/C9H14NO2/c1-8(2)6-10-7(11)4-5-9(10,3)12-8/h4H,5-6H2,1-3H3/t9-/m1/s1. The van der Waals surface area contributed by atoms with Gasteiger partial charge in [-0.05, 0) is 26.8 Å². The highest BCUT2D eigenvalue weighted by molar-refractivity contribution is 5.12. The molecule has 2 aliphatic rings. The van der Waals surface area contributed by atoms with Gasteiger partial charge < -0.3 is 9.64 Å². The van der Waals surface area contributed by atoms with E-state index in [0.29, 0.717) is 6.54 Å². The zero-order valence-electron chi connectivity index (χ0n) is 7.76. The van der Waals surface area contributed by atoms with Crippen LogP contribution in [0.2, 0.25) is 0 Å². The maximum Gasteiger partial charge on any atom is 0.245 e. The molecular weight excluding hydrogens is 154 g/mol. The van der Waals surface area contributed by atoms with Crippen LogP contribution in [0.3, 0.4) is 0 Å². The zero-order chi connectivity index (χ0) is 8.98. The van der Waals surface area contributed by atoms with Crippen molar-refractivity contribution < 1.29 is 9.84 Å². The van der Waals surface area contributed by atoms with Crippen LogP contribution >= 0.6 is 0 Å². The highest BCUT2D eigenvalue weighted by atomic mass is 16.6. The van der Waals surface area contributed by atoms with Crippen LogP contribution in [0, 0.1) is 0 Å². The van der Waals surface area contributed by atoms with E-state index in [-0.39, 0.29) is 17.2 Å². The Morgan fingerprint density at radius 3 is 2.75 bits per heavy atom. The molecule has 0 aromatic heterocycles. The fraction of sp³-hybridized carbons (Fsp3) is 0.778. The largest absolute Gasteiger partial charge is 0.348 e. The Morgan fingerprint density at radius 1 is 1.50 bits per heavy atom. The highest BCUT2D eigenvalue weighted by Gasteiger charge is 2.51. The Morgan fingerprint density at radius 2 is 2.17 bits per heavy atom. The van der Waals surface area contributed by atoms with Crippen LogP contribution in [0.4, 0.5) is 0 Å². The van der Waals surface area contributed by atoms with Crippen LogP contribution in [-0.4, -0.2) is 22.8 Å². The van der Waals surface area contributed by atoms with Crippen molar-refractivity contribution in [2.24, 2.45) is 0 Å². The monoisotopic (exact) mass is 168 g/mol. The van der Waals surface area contributed by atoms with Crippen molar-refractivity contribution in [1.82, 2.24) is 4.90 Å². The van der Waals surface area contributed by atoms with Crippen LogP contribution in [0.25, 0.3) is 0 Å². The first kappa shape index (κ1) is 7.92. The third-order valence-electron chi connectivity index (χ3n) is 2.53. The van der Waals surface area contributed by atoms with Gasteiger partial charge in [0.05, 0.1) is 12.1 Å². The Kier molecular flexibility index (Phi) is 1.30. The van der Waals surface area contributed by atoms with Crippen molar-refractivity contribution in [2.45, 2.75) is 38.5 Å². The first-order chi connectivity index (χ1) is 5.43. The Hall–Kier alpha value is -0.700. The van der Waals surface area contributed by atoms with E-state index in [0.717, 1.165) is 6.42 Å². The van der Waals surface area contributed by atoms with Gasteiger partial charge in [-0.15, -0.1) is 0 Å². The summed E-state index contributed by atoms with van der Waals surface area (Å²) in [5.74, 6) is 0.114. The molecule has 2 aliphatic heterocycles. The van der Waals surface area contributed by atoms with E-state index in [1.54, 1.807) is 6.08 Å². The molecule has 12 heavy (non-hydrogen) atoms. The fourth-order valence-electron chi connectivity index (χ4n) is 2.08. The van der Waals surface area contributed by atoms with Crippen molar-refractivity contribution in [2.75, 3.05) is 6.54 Å². The van der Waals surface area contributed by atoms with Crippen LogP contribution in [0.15, 0.2) is 12.0 Å². The zero-order valence-corrected chi connectivity index (χ0v) is 7.76. The Bertz CT molecular complexity index is 247. The van der Waals surface area contributed by atoms with Gasteiger partial charge in [-0.1, -0.05) is 0 Å². The Balaban J connectivity index is 2.28. The van der Waals surface area contributed by atoms with E-state index in [4.69, 9.17) is 4.74 Å². The van der Waals surface area contributed by atoms with Crippen LogP contribution < -0.4 is 0 Å². The van der Waals surface area contributed by atoms with Crippen molar-refractivity contribution in [3.63, 3.8) is 0 Å². The molecule has 0 spiro atoms. The summed E-state index contributed by atoms with van der Waals surface area (Å²) in [5, 5.41) is 11.3. The van der Waals surface area contributed by atoms with Gasteiger partial charge in [0.1, 0.15) is 5.72 Å². The summed E-state index contributed by atoms with van der Waals surface area (Å²) < 4.78 is 5.80. The van der Waals surface area contributed by atoms with E-state index in [1.807, 2.05) is 25.7 Å². The van der Waals surface area contributed by atoms with Gasteiger partial charge in [-0.3, -0.25) is 5.11 Å². The average molecular weight is 168 g/mol. The molecule has 3 heteroatoms. The van der Waals surface area contributed by atoms with Gasteiger partial charge in [0.25, 0.3) is 0 Å². The van der Waals surface area contributed by atoms with Crippen LogP contribution in [-0.2, 0) is 9.84 Å². The van der Waals surface area contributed by atoms with Gasteiger partial charge in [0, 0.05) is 6.42 Å². The summed E-state index contributed by atoms with van der Waals surface area (Å²) in [6.45, 7) is 6.72. The van der Waals surface area contributed by atoms with Gasteiger partial charge in [0.15, 0.2) is 0 Å². The summed E-state index contributed by atoms with van der Waals surface area (Å²) in [6, 6.07) is 0. The van der Waals surface area contributed by atoms with Crippen molar-refractivity contribution >= 4 is 0 Å². The summed E-state index contributed by atoms with van der Waals surface area (Å²) in [6.07, 6.45) is 2.42. The number of ether oxygens (including phenoxy) is 1. The molecule has 0 N–H and O–H groups in total. The number of hydrogen-bond donors (Lipinski definition) is 0. The quantitative estimate of drug-likeness (QED) is 0.549. The molecule has 1 radical (unpaired) electrons. The van der Waals surface area contributed by atoms with Crippen LogP contribution in [0.5, 0.6) is 0 Å². The topological polar surface area (TPSA) is 32.4 Å². The second-order valence-electron chi connectivity index (χ2n) is 4.37. The molecule has 0 aliphatic carbocycles. The molecule has 2 heterocycles. The van der Waals surface area contributed by atoms with E-state index in [1.165, 1.54) is 0 Å². The molecule has 1 saturated heterocycles. The first-order valence-electron chi connectivity index (χ1n) is 4.28. The minimum Gasteiger partial charge on any atom is -0.348 e. The maximum absolute atomic E-state index is 11.3. The molecule has 0 unspecified atom stereocenters. The minimum atomic E-state index is -0.361. The van der Waals surface area contributed by atoms with Gasteiger partial charge >= 0.3 is 0 Å². The fourth-order valence-corrected chi connectivity index (χ4v) is 2.08. The first-order valence-corrected chi connectivity index (χ1v) is 4.28. The van der Waals surface area contributed by atoms with Crippen molar-refractivity contribution in [3.8, 4) is 0 Å². The number of hydrogen-bond acceptors (Lipinski definition) is 2. The average Bonchev–Trinajstić information content (AvgIpc) is 2.28. The molecule has 0 aromatic carbocycles. The Labute approximate surface area is 72.6 Å². The predicted molar refractivity (Wildman–Crippen MR) is 43.7 cm³/mol. The summed E-state index contributed by atoms with van der Waals surface area (Å²) in [4.78, 5) is 1.81. The van der Waals surface area contributed by atoms with Gasteiger partial charge in [-0.25, -0.2) is 0 Å². The third-order valence-corrected chi connectivity index (χ3v) is 2.53. The van der Waals surface area contributed by atoms with E-state index < -0.39 is 0 Å². The van der Waals surface area contributed by atoms with Crippen molar-refractivity contribution in [3.05, 3.63) is 12.0 Å². The molecule has 0 amide bonds. The molecule has 3 nitrogen and oxygen atoms in total. The second-order valence-corrected chi connectivity index (χ2v) is 4.37. The lowest BCUT2D eigenvalue weighted by molar-refractivity contribution is -0.107. The van der Waals surface area contributed by atoms with E-state index >= 15 is 0 Å². The van der Waals surface area contributed by atoms with Crippen molar-refractivity contribution in [1.29, 1.82) is 0 Å². The molecule has 0 bridgehead atoms. The number of nitrogens with zero attached hydrogens (tertiary/aromatic N) is 1. The molecule has 2 rings (SSSR count). The van der Waals surface area contributed by atoms with E-state index in [9.17, 15) is 5.11 Å². The van der Waals surface area contributed by atoms with E-state index in [2.05, 4.69) is 0 Å². The molecule has 0 saturated carbocycles. The number of rotatable bonds is 0. The highest BCUT2D eigenvalue weighted by Crippen LogP contribution is 2.42. The summed E-state index contributed by atoms with van der Waals surface area (Å²) >= 11 is 0. The normalized spacial score (nSPS) is 38.2. The predicted octanol–water partition coefficient (Wildman–Crippen LogP) is 1.49. The smallest absolute Gasteiger partial charge is 0.245 e. The lowest BCUT2D eigenvalue weighted by Gasteiger charge is -2.27. The lowest BCUT2D eigenvalue weighted by Crippen LogP contribution is -2.36. The molecular formula is C9H14NO2. The molecule has 0 aromatic rings. The lowest BCUT2D eigenvalue weighted by atomic mass is 10.1. The second kappa shape index (κ2) is 1.96. The number of fused-ring (bicyclic) bond motifs is 1. The van der Waals surface area contributed by atoms with Gasteiger partial charge in [-0.2, -0.15) is 0 Å². The van der Waals surface area contributed by atoms with Gasteiger partial charge in [0.2, 0.25) is 5.88 Å². The molecule has 67 valence electrons.